The molecule has 0 aliphatic heterocycles. The highest BCUT2D eigenvalue weighted by Gasteiger charge is 2.29. The third-order valence-corrected chi connectivity index (χ3v) is 4.42. The van der Waals surface area contributed by atoms with Crippen LogP contribution in [-0.4, -0.2) is 42.7 Å². The lowest BCUT2D eigenvalue weighted by atomic mass is 9.97. The Morgan fingerprint density at radius 3 is 2.14 bits per heavy atom. The molecule has 1 aromatic rings. The first kappa shape index (κ1) is 24.3. The number of alkyl carbamates (subject to hydrolysis) is 1. The molecule has 0 aliphatic carbocycles. The molecule has 0 saturated heterocycles. The molecule has 0 fully saturated rings. The molecule has 4 N–H and O–H groups in total. The molecule has 162 valence electrons. The molecule has 1 aromatic carbocycles. The zero-order chi connectivity index (χ0) is 22.2. The maximum atomic E-state index is 12.9. The van der Waals surface area contributed by atoms with Crippen LogP contribution in [0.2, 0.25) is 0 Å². The Balaban J connectivity index is 3.01. The smallest absolute Gasteiger partial charge is 0.408 e. The van der Waals surface area contributed by atoms with E-state index in [1.165, 1.54) is 0 Å². The molecule has 3 atom stereocenters. The predicted molar refractivity (Wildman–Crippen MR) is 110 cm³/mol. The minimum atomic E-state index is -0.941. The summed E-state index contributed by atoms with van der Waals surface area (Å²) < 4.78 is 10.4. The Kier molecular flexibility index (Phi) is 8.94. The number of rotatable bonds is 9. The number of ether oxygens (including phenoxy) is 2. The minimum absolute atomic E-state index is 0.139. The summed E-state index contributed by atoms with van der Waals surface area (Å²) in [6, 6.07) is 5.37. The van der Waals surface area contributed by atoms with E-state index in [0.29, 0.717) is 12.2 Å². The molecule has 1 rings (SSSR count). The van der Waals surface area contributed by atoms with E-state index in [-0.39, 0.29) is 12.3 Å². The fourth-order valence-electron chi connectivity index (χ4n) is 2.64. The van der Waals surface area contributed by atoms with E-state index in [0.717, 1.165) is 5.56 Å². The monoisotopic (exact) mass is 407 g/mol. The van der Waals surface area contributed by atoms with E-state index < -0.39 is 35.6 Å². The number of hydrogen-bond acceptors (Lipinski definition) is 5. The van der Waals surface area contributed by atoms with Crippen LogP contribution in [-0.2, 0) is 20.7 Å². The van der Waals surface area contributed by atoms with Crippen LogP contribution in [0, 0.1) is 5.92 Å². The van der Waals surface area contributed by atoms with E-state index in [1.54, 1.807) is 52.1 Å². The summed E-state index contributed by atoms with van der Waals surface area (Å²) in [5.74, 6) is -0.580. The van der Waals surface area contributed by atoms with Gasteiger partial charge in [0.25, 0.3) is 0 Å². The molecule has 0 radical (unpaired) electrons. The molecule has 0 spiro atoms. The van der Waals surface area contributed by atoms with Crippen LogP contribution in [0.1, 0.15) is 46.6 Å². The van der Waals surface area contributed by atoms with Gasteiger partial charge in [-0.1, -0.05) is 32.4 Å². The Bertz CT molecular complexity index is 697. The first-order valence-electron chi connectivity index (χ1n) is 9.69. The zero-order valence-corrected chi connectivity index (χ0v) is 18.1. The van der Waals surface area contributed by atoms with E-state index >= 15 is 0 Å². The first-order valence-corrected chi connectivity index (χ1v) is 9.69. The van der Waals surface area contributed by atoms with Gasteiger partial charge in [0.1, 0.15) is 23.4 Å². The fraction of sp³-hybridized carbons (Fsp3) is 0.571. The highest BCUT2D eigenvalue weighted by Crippen LogP contribution is 2.14. The maximum absolute atomic E-state index is 12.9. The van der Waals surface area contributed by atoms with Gasteiger partial charge in [0.15, 0.2) is 0 Å². The molecule has 0 heterocycles. The van der Waals surface area contributed by atoms with E-state index in [9.17, 15) is 14.4 Å². The van der Waals surface area contributed by atoms with Crippen LogP contribution in [0.25, 0.3) is 0 Å². The lowest BCUT2D eigenvalue weighted by Crippen LogP contribution is -2.56. The summed E-state index contributed by atoms with van der Waals surface area (Å²) >= 11 is 0. The quantitative estimate of drug-likeness (QED) is 0.579. The molecule has 8 nitrogen and oxygen atoms in total. The van der Waals surface area contributed by atoms with Gasteiger partial charge in [0, 0.05) is 6.42 Å². The van der Waals surface area contributed by atoms with Gasteiger partial charge in [-0.25, -0.2) is 4.79 Å². The van der Waals surface area contributed by atoms with Gasteiger partial charge in [0.05, 0.1) is 7.11 Å². The molecule has 3 amide bonds. The van der Waals surface area contributed by atoms with E-state index in [4.69, 9.17) is 15.2 Å². The van der Waals surface area contributed by atoms with Crippen LogP contribution in [0.15, 0.2) is 24.3 Å². The average Bonchev–Trinajstić information content (AvgIpc) is 2.63. The second-order valence-corrected chi connectivity index (χ2v) is 8.03. The number of nitrogens with two attached hydrogens (primary N) is 1. The van der Waals surface area contributed by atoms with Crippen molar-refractivity contribution in [2.45, 2.75) is 65.1 Å². The molecule has 0 bridgehead atoms. The standard InChI is InChI=1S/C21H33N3O5/c1-7-13(2)17(18(22)25)24-19(26)16(23-20(27)29-21(3,4)5)12-14-8-10-15(28-6)11-9-14/h8-11,13,16-17H,7,12H2,1-6H3,(H2,22,25)(H,23,27)(H,24,26)/t13-,16?,17?/m0/s1. The molecule has 8 heteroatoms. The minimum Gasteiger partial charge on any atom is -0.497 e. The molecule has 0 aromatic heterocycles. The third kappa shape index (κ3) is 8.41. The Morgan fingerprint density at radius 2 is 1.69 bits per heavy atom. The van der Waals surface area contributed by atoms with Crippen molar-refractivity contribution in [2.24, 2.45) is 11.7 Å². The van der Waals surface area contributed by atoms with Crippen molar-refractivity contribution in [3.8, 4) is 5.75 Å². The second-order valence-electron chi connectivity index (χ2n) is 8.03. The van der Waals surface area contributed by atoms with E-state index in [2.05, 4.69) is 10.6 Å². The molecular weight excluding hydrogens is 374 g/mol. The summed E-state index contributed by atoms with van der Waals surface area (Å²) in [5, 5.41) is 5.26. The van der Waals surface area contributed by atoms with Crippen molar-refractivity contribution in [2.75, 3.05) is 7.11 Å². The average molecular weight is 408 g/mol. The summed E-state index contributed by atoms with van der Waals surface area (Å²) in [6.07, 6.45) is 0.155. The molecule has 0 aliphatic rings. The number of benzene rings is 1. The Hall–Kier alpha value is -2.77. The number of methoxy groups -OCH3 is 1. The van der Waals surface area contributed by atoms with Gasteiger partial charge >= 0.3 is 6.09 Å². The number of primary amides is 1. The number of hydrogen-bond donors (Lipinski definition) is 3. The van der Waals surface area contributed by atoms with Crippen LogP contribution in [0.5, 0.6) is 5.75 Å². The zero-order valence-electron chi connectivity index (χ0n) is 18.1. The topological polar surface area (TPSA) is 120 Å². The summed E-state index contributed by atoms with van der Waals surface area (Å²) in [7, 11) is 1.56. The van der Waals surface area contributed by atoms with Crippen LogP contribution in [0.3, 0.4) is 0 Å². The highest BCUT2D eigenvalue weighted by molar-refractivity contribution is 5.91. The summed E-state index contributed by atoms with van der Waals surface area (Å²) in [4.78, 5) is 36.9. The number of amides is 3. The highest BCUT2D eigenvalue weighted by atomic mass is 16.6. The van der Waals surface area contributed by atoms with Gasteiger partial charge in [0.2, 0.25) is 11.8 Å². The molecule has 0 saturated carbocycles. The third-order valence-electron chi connectivity index (χ3n) is 4.42. The Labute approximate surface area is 172 Å². The predicted octanol–water partition coefficient (Wildman–Crippen LogP) is 2.15. The second kappa shape index (κ2) is 10.7. The number of nitrogens with one attached hydrogen (secondary N) is 2. The van der Waals surface area contributed by atoms with Crippen LogP contribution < -0.4 is 21.1 Å². The molecular formula is C21H33N3O5. The first-order chi connectivity index (χ1) is 13.5. The van der Waals surface area contributed by atoms with Gasteiger partial charge in [-0.15, -0.1) is 0 Å². The van der Waals surface area contributed by atoms with Crippen molar-refractivity contribution >= 4 is 17.9 Å². The summed E-state index contributed by atoms with van der Waals surface area (Å²) in [6.45, 7) is 8.93. The SMILES string of the molecule is CC[C@H](C)C(NC(=O)C(Cc1ccc(OC)cc1)NC(=O)OC(C)(C)C)C(N)=O. The van der Waals surface area contributed by atoms with Gasteiger partial charge in [-0.3, -0.25) is 9.59 Å². The lowest BCUT2D eigenvalue weighted by molar-refractivity contribution is -0.129. The molecule has 29 heavy (non-hydrogen) atoms. The van der Waals surface area contributed by atoms with Crippen molar-refractivity contribution in [1.29, 1.82) is 0 Å². The molecule has 2 unspecified atom stereocenters. The lowest BCUT2D eigenvalue weighted by Gasteiger charge is -2.26. The summed E-state index contributed by atoms with van der Waals surface area (Å²) in [5.41, 5.74) is 5.55. The van der Waals surface area contributed by atoms with Crippen molar-refractivity contribution in [1.82, 2.24) is 10.6 Å². The van der Waals surface area contributed by atoms with Crippen molar-refractivity contribution in [3.05, 3.63) is 29.8 Å². The van der Waals surface area contributed by atoms with Crippen LogP contribution in [0.4, 0.5) is 4.79 Å². The van der Waals surface area contributed by atoms with Crippen molar-refractivity contribution < 1.29 is 23.9 Å². The van der Waals surface area contributed by atoms with Crippen LogP contribution >= 0.6 is 0 Å². The van der Waals surface area contributed by atoms with Gasteiger partial charge < -0.3 is 25.8 Å². The largest absolute Gasteiger partial charge is 0.497 e. The normalized spacial score (nSPS) is 14.3. The number of carbonyl (C=O) groups is 3. The Morgan fingerprint density at radius 1 is 1.10 bits per heavy atom. The van der Waals surface area contributed by atoms with E-state index in [1.807, 2.05) is 13.8 Å². The maximum Gasteiger partial charge on any atom is 0.408 e. The van der Waals surface area contributed by atoms with Crippen molar-refractivity contribution in [3.63, 3.8) is 0 Å². The number of carbonyl (C=O) groups excluding carboxylic acids is 3. The van der Waals surface area contributed by atoms with Gasteiger partial charge in [-0.05, 0) is 44.4 Å². The fourth-order valence-corrected chi connectivity index (χ4v) is 2.64. The van der Waals surface area contributed by atoms with Gasteiger partial charge in [-0.2, -0.15) is 0 Å².